The van der Waals surface area contributed by atoms with Crippen molar-refractivity contribution in [2.24, 2.45) is 0 Å². The van der Waals surface area contributed by atoms with E-state index in [1.807, 2.05) is 55.5 Å². The summed E-state index contributed by atoms with van der Waals surface area (Å²) in [7, 11) is 5.04. The molecule has 0 aliphatic heterocycles. The maximum absolute atomic E-state index is 12.5. The third kappa shape index (κ3) is 7.43. The molecule has 2 amide bonds. The average Bonchev–Trinajstić information content (AvgIpc) is 2.79. The Morgan fingerprint density at radius 2 is 1.33 bits per heavy atom. The molecule has 2 rings (SSSR count). The third-order valence-corrected chi connectivity index (χ3v) is 5.24. The van der Waals surface area contributed by atoms with E-state index >= 15 is 0 Å². The molecule has 0 spiro atoms. The highest BCUT2D eigenvalue weighted by Crippen LogP contribution is 2.14. The number of carbonyl (C=O) groups is 2. The van der Waals surface area contributed by atoms with Gasteiger partial charge in [-0.25, -0.2) is 0 Å². The van der Waals surface area contributed by atoms with Crippen molar-refractivity contribution in [3.05, 3.63) is 59.7 Å². The zero-order valence-corrected chi connectivity index (χ0v) is 18.3. The summed E-state index contributed by atoms with van der Waals surface area (Å²) in [6.45, 7) is 2.38. The number of methoxy groups -OCH3 is 2. The maximum atomic E-state index is 12.5. The first-order chi connectivity index (χ1) is 14.4. The monoisotopic (exact) mass is 412 g/mol. The first-order valence-corrected chi connectivity index (χ1v) is 10.2. The van der Waals surface area contributed by atoms with Gasteiger partial charge < -0.3 is 19.7 Å². The second-order valence-electron chi connectivity index (χ2n) is 7.35. The lowest BCUT2D eigenvalue weighted by molar-refractivity contribution is -0.132. The molecule has 0 radical (unpaired) electrons. The van der Waals surface area contributed by atoms with Crippen LogP contribution in [-0.4, -0.2) is 50.6 Å². The Balaban J connectivity index is 1.69. The molecule has 0 fully saturated rings. The second kappa shape index (κ2) is 11.9. The van der Waals surface area contributed by atoms with Crippen LogP contribution in [0, 0.1) is 0 Å². The number of benzene rings is 2. The zero-order chi connectivity index (χ0) is 21.9. The quantitative estimate of drug-likeness (QED) is 0.615. The number of ether oxygens (including phenoxy) is 2. The number of nitrogens with one attached hydrogen (secondary N) is 1. The molecule has 0 saturated carbocycles. The van der Waals surface area contributed by atoms with Crippen LogP contribution in [-0.2, 0) is 22.4 Å². The van der Waals surface area contributed by atoms with Crippen LogP contribution in [0.25, 0.3) is 0 Å². The van der Waals surface area contributed by atoms with Crippen molar-refractivity contribution in [1.82, 2.24) is 10.2 Å². The van der Waals surface area contributed by atoms with Gasteiger partial charge >= 0.3 is 0 Å². The van der Waals surface area contributed by atoms with Gasteiger partial charge in [0.2, 0.25) is 11.8 Å². The van der Waals surface area contributed by atoms with Gasteiger partial charge in [0, 0.05) is 32.5 Å². The predicted molar refractivity (Wildman–Crippen MR) is 118 cm³/mol. The van der Waals surface area contributed by atoms with Crippen LogP contribution in [0.3, 0.4) is 0 Å². The fourth-order valence-corrected chi connectivity index (χ4v) is 3.00. The predicted octanol–water partition coefficient (Wildman–Crippen LogP) is 3.23. The Morgan fingerprint density at radius 1 is 0.867 bits per heavy atom. The van der Waals surface area contributed by atoms with Crippen molar-refractivity contribution in [2.45, 2.75) is 38.6 Å². The molecule has 1 atom stereocenters. The van der Waals surface area contributed by atoms with Crippen molar-refractivity contribution >= 4 is 11.8 Å². The average molecular weight is 413 g/mol. The van der Waals surface area contributed by atoms with Gasteiger partial charge in [0.05, 0.1) is 14.2 Å². The summed E-state index contributed by atoms with van der Waals surface area (Å²) in [6, 6.07) is 15.4. The smallest absolute Gasteiger partial charge is 0.222 e. The van der Waals surface area contributed by atoms with Crippen LogP contribution in [0.1, 0.15) is 30.9 Å². The molecule has 6 nitrogen and oxygen atoms in total. The van der Waals surface area contributed by atoms with Gasteiger partial charge in [0.15, 0.2) is 0 Å². The number of rotatable bonds is 11. The van der Waals surface area contributed by atoms with Crippen LogP contribution in [0.2, 0.25) is 0 Å². The van der Waals surface area contributed by atoms with E-state index in [1.54, 1.807) is 26.2 Å². The molecule has 162 valence electrons. The lowest BCUT2D eigenvalue weighted by Crippen LogP contribution is -2.43. The van der Waals surface area contributed by atoms with Gasteiger partial charge in [-0.2, -0.15) is 0 Å². The molecule has 0 heterocycles. The Hall–Kier alpha value is -3.02. The van der Waals surface area contributed by atoms with E-state index in [9.17, 15) is 9.59 Å². The van der Waals surface area contributed by atoms with E-state index < -0.39 is 0 Å². The summed E-state index contributed by atoms with van der Waals surface area (Å²) in [6.07, 6.45) is 2.18. The first kappa shape index (κ1) is 23.3. The summed E-state index contributed by atoms with van der Waals surface area (Å²) >= 11 is 0. The van der Waals surface area contributed by atoms with Crippen LogP contribution < -0.4 is 14.8 Å². The van der Waals surface area contributed by atoms with Gasteiger partial charge in [-0.3, -0.25) is 9.59 Å². The van der Waals surface area contributed by atoms with Gasteiger partial charge in [0.25, 0.3) is 0 Å². The summed E-state index contributed by atoms with van der Waals surface area (Å²) in [4.78, 5) is 26.3. The Labute approximate surface area is 179 Å². The number of nitrogens with zero attached hydrogens (tertiary/aromatic N) is 1. The number of hydrogen-bond donors (Lipinski definition) is 1. The van der Waals surface area contributed by atoms with E-state index in [-0.39, 0.29) is 17.9 Å². The minimum atomic E-state index is -0.0710. The molecular weight excluding hydrogens is 380 g/mol. The Morgan fingerprint density at radius 3 is 1.80 bits per heavy atom. The van der Waals surface area contributed by atoms with E-state index in [1.165, 1.54) is 0 Å². The minimum absolute atomic E-state index is 0.0169. The molecule has 0 aliphatic rings. The Kier molecular flexibility index (Phi) is 9.19. The van der Waals surface area contributed by atoms with Crippen molar-refractivity contribution in [2.75, 3.05) is 27.8 Å². The van der Waals surface area contributed by atoms with Crippen molar-refractivity contribution in [3.8, 4) is 11.5 Å². The lowest BCUT2D eigenvalue weighted by atomic mass is 10.1. The van der Waals surface area contributed by atoms with Gasteiger partial charge in [-0.1, -0.05) is 24.3 Å². The molecule has 0 saturated heterocycles. The normalized spacial score (nSPS) is 11.5. The fourth-order valence-electron chi connectivity index (χ4n) is 3.00. The van der Waals surface area contributed by atoms with Crippen molar-refractivity contribution in [3.63, 3.8) is 0 Å². The van der Waals surface area contributed by atoms with Gasteiger partial charge in [-0.05, 0) is 55.2 Å². The van der Waals surface area contributed by atoms with E-state index in [2.05, 4.69) is 5.32 Å². The summed E-state index contributed by atoms with van der Waals surface area (Å²) in [5.74, 6) is 1.65. The molecule has 0 aromatic heterocycles. The second-order valence-corrected chi connectivity index (χ2v) is 7.35. The largest absolute Gasteiger partial charge is 0.497 e. The highest BCUT2D eigenvalue weighted by atomic mass is 16.5. The van der Waals surface area contributed by atoms with E-state index in [0.29, 0.717) is 32.2 Å². The zero-order valence-electron chi connectivity index (χ0n) is 18.3. The molecule has 2 aromatic rings. The highest BCUT2D eigenvalue weighted by molar-refractivity contribution is 5.77. The highest BCUT2D eigenvalue weighted by Gasteiger charge is 2.16. The van der Waals surface area contributed by atoms with Gasteiger partial charge in [0.1, 0.15) is 11.5 Å². The standard InChI is InChI=1S/C24H32N2O4/c1-18(17-25-23(27)15-9-19-5-11-21(29-3)12-6-19)26(2)24(28)16-10-20-7-13-22(30-4)14-8-20/h5-8,11-14,18H,9-10,15-17H2,1-4H3,(H,25,27). The van der Waals surface area contributed by atoms with E-state index in [4.69, 9.17) is 9.47 Å². The molecule has 2 aromatic carbocycles. The fraction of sp³-hybridized carbons (Fsp3) is 0.417. The van der Waals surface area contributed by atoms with Crippen LogP contribution >= 0.6 is 0 Å². The molecular formula is C24H32N2O4. The molecule has 30 heavy (non-hydrogen) atoms. The summed E-state index contributed by atoms with van der Waals surface area (Å²) in [5, 5.41) is 2.93. The molecule has 1 N–H and O–H groups in total. The molecule has 1 unspecified atom stereocenters. The topological polar surface area (TPSA) is 67.9 Å². The minimum Gasteiger partial charge on any atom is -0.497 e. The van der Waals surface area contributed by atoms with Crippen LogP contribution in [0.15, 0.2) is 48.5 Å². The number of likely N-dealkylation sites (N-methyl/N-ethyl adjacent to an activating group) is 1. The molecule has 0 aliphatic carbocycles. The van der Waals surface area contributed by atoms with Crippen LogP contribution in [0.5, 0.6) is 11.5 Å². The van der Waals surface area contributed by atoms with Crippen molar-refractivity contribution in [1.29, 1.82) is 0 Å². The summed E-state index contributed by atoms with van der Waals surface area (Å²) in [5.41, 5.74) is 2.18. The number of carbonyl (C=O) groups excluding carboxylic acids is 2. The SMILES string of the molecule is COc1ccc(CCC(=O)NCC(C)N(C)C(=O)CCc2ccc(OC)cc2)cc1. The number of aryl methyl sites for hydroxylation is 2. The molecule has 6 heteroatoms. The van der Waals surface area contributed by atoms with E-state index in [0.717, 1.165) is 22.6 Å². The van der Waals surface area contributed by atoms with Crippen molar-refractivity contribution < 1.29 is 19.1 Å². The molecule has 0 bridgehead atoms. The number of hydrogen-bond acceptors (Lipinski definition) is 4. The number of amides is 2. The van der Waals surface area contributed by atoms with Crippen LogP contribution in [0.4, 0.5) is 0 Å². The third-order valence-electron chi connectivity index (χ3n) is 5.24. The first-order valence-electron chi connectivity index (χ1n) is 10.2. The Bertz CT molecular complexity index is 803. The lowest BCUT2D eigenvalue weighted by Gasteiger charge is -2.25. The maximum Gasteiger partial charge on any atom is 0.222 e. The summed E-state index contributed by atoms with van der Waals surface area (Å²) < 4.78 is 10.3. The van der Waals surface area contributed by atoms with Gasteiger partial charge in [-0.15, -0.1) is 0 Å².